The highest BCUT2D eigenvalue weighted by Crippen LogP contribution is 2.22. The summed E-state index contributed by atoms with van der Waals surface area (Å²) in [6.07, 6.45) is 1.63. The Morgan fingerprint density at radius 1 is 1.19 bits per heavy atom. The maximum absolute atomic E-state index is 12.1. The Labute approximate surface area is 153 Å². The van der Waals surface area contributed by atoms with Gasteiger partial charge in [0, 0.05) is 19.5 Å². The van der Waals surface area contributed by atoms with E-state index in [1.165, 1.54) is 6.26 Å². The van der Waals surface area contributed by atoms with Crippen molar-refractivity contribution in [3.05, 3.63) is 54.0 Å². The van der Waals surface area contributed by atoms with E-state index >= 15 is 0 Å². The highest BCUT2D eigenvalue weighted by Gasteiger charge is 2.16. The molecular weight excluding hydrogens is 334 g/mol. The molecule has 2 amide bonds. The third-order valence-corrected chi connectivity index (χ3v) is 3.98. The van der Waals surface area contributed by atoms with E-state index in [0.717, 1.165) is 11.3 Å². The van der Waals surface area contributed by atoms with E-state index in [1.54, 1.807) is 19.2 Å². The molecule has 1 heterocycles. The molecule has 0 fully saturated rings. The van der Waals surface area contributed by atoms with E-state index < -0.39 is 0 Å². The topological polar surface area (TPSA) is 83.8 Å². The van der Waals surface area contributed by atoms with Gasteiger partial charge in [-0.3, -0.25) is 9.59 Å². The first-order valence-electron chi connectivity index (χ1n) is 8.40. The number of rotatable bonds is 9. The van der Waals surface area contributed by atoms with Crippen LogP contribution < -0.4 is 15.4 Å². The van der Waals surface area contributed by atoms with Gasteiger partial charge in [0.15, 0.2) is 5.76 Å². The number of ether oxygens (including phenoxy) is 1. The SMILES string of the molecule is COc1cccc(C(CNC(=O)CCNC(=O)c2ccco2)N(C)C)c1. The molecule has 2 aromatic rings. The number of carbonyl (C=O) groups excluding carboxylic acids is 2. The van der Waals surface area contributed by atoms with Crippen molar-refractivity contribution in [1.29, 1.82) is 0 Å². The minimum absolute atomic E-state index is 0.0201. The zero-order valence-corrected chi connectivity index (χ0v) is 15.3. The molecule has 2 rings (SSSR count). The molecule has 0 aliphatic heterocycles. The fourth-order valence-corrected chi connectivity index (χ4v) is 2.53. The van der Waals surface area contributed by atoms with Crippen LogP contribution in [0.2, 0.25) is 0 Å². The molecule has 0 saturated heterocycles. The summed E-state index contributed by atoms with van der Waals surface area (Å²) in [7, 11) is 5.54. The van der Waals surface area contributed by atoms with Crippen molar-refractivity contribution in [2.45, 2.75) is 12.5 Å². The molecule has 0 saturated carbocycles. The van der Waals surface area contributed by atoms with Gasteiger partial charge in [-0.15, -0.1) is 0 Å². The summed E-state index contributed by atoms with van der Waals surface area (Å²) in [5.74, 6) is 0.558. The van der Waals surface area contributed by atoms with E-state index in [9.17, 15) is 9.59 Å². The fraction of sp³-hybridized carbons (Fsp3) is 0.368. The van der Waals surface area contributed by atoms with Gasteiger partial charge < -0.3 is 24.7 Å². The lowest BCUT2D eigenvalue weighted by Gasteiger charge is -2.25. The molecule has 1 aromatic heterocycles. The van der Waals surface area contributed by atoms with E-state index in [2.05, 4.69) is 10.6 Å². The lowest BCUT2D eigenvalue weighted by atomic mass is 10.1. The number of hydrogen-bond acceptors (Lipinski definition) is 5. The predicted molar refractivity (Wildman–Crippen MR) is 98.1 cm³/mol. The largest absolute Gasteiger partial charge is 0.497 e. The van der Waals surface area contributed by atoms with Gasteiger partial charge in [0.2, 0.25) is 5.91 Å². The maximum atomic E-state index is 12.1. The Morgan fingerprint density at radius 2 is 2.00 bits per heavy atom. The smallest absolute Gasteiger partial charge is 0.286 e. The van der Waals surface area contributed by atoms with Crippen molar-refractivity contribution in [2.75, 3.05) is 34.3 Å². The summed E-state index contributed by atoms with van der Waals surface area (Å²) in [6.45, 7) is 0.711. The van der Waals surface area contributed by atoms with Gasteiger partial charge >= 0.3 is 0 Å². The van der Waals surface area contributed by atoms with Crippen LogP contribution in [0.1, 0.15) is 28.6 Å². The molecule has 0 radical (unpaired) electrons. The molecular formula is C19H25N3O4. The van der Waals surface area contributed by atoms with E-state index in [0.29, 0.717) is 6.54 Å². The first kappa shape index (κ1) is 19.5. The molecule has 2 N–H and O–H groups in total. The molecule has 7 heteroatoms. The molecule has 1 atom stereocenters. The van der Waals surface area contributed by atoms with Crippen LogP contribution in [-0.4, -0.2) is 51.0 Å². The summed E-state index contributed by atoms with van der Waals surface area (Å²) in [6, 6.07) is 11.0. The lowest BCUT2D eigenvalue weighted by Crippen LogP contribution is -2.36. The van der Waals surface area contributed by atoms with Gasteiger partial charge in [0.25, 0.3) is 5.91 Å². The zero-order chi connectivity index (χ0) is 18.9. The molecule has 1 unspecified atom stereocenters. The van der Waals surface area contributed by atoms with Crippen LogP contribution in [0.4, 0.5) is 0 Å². The number of methoxy groups -OCH3 is 1. The van der Waals surface area contributed by atoms with Gasteiger partial charge in [-0.1, -0.05) is 12.1 Å². The van der Waals surface area contributed by atoms with Crippen molar-refractivity contribution in [3.63, 3.8) is 0 Å². The highest BCUT2D eigenvalue weighted by atomic mass is 16.5. The standard InChI is InChI=1S/C19H25N3O4/c1-22(2)16(14-6-4-7-15(12-14)25-3)13-21-18(23)9-10-20-19(24)17-8-5-11-26-17/h4-8,11-12,16H,9-10,13H2,1-3H3,(H,20,24)(H,21,23). The number of hydrogen-bond donors (Lipinski definition) is 2. The van der Waals surface area contributed by atoms with Crippen molar-refractivity contribution in [1.82, 2.24) is 15.5 Å². The van der Waals surface area contributed by atoms with Gasteiger partial charge in [0.05, 0.1) is 19.4 Å². The van der Waals surface area contributed by atoms with Crippen LogP contribution in [0.25, 0.3) is 0 Å². The Bertz CT molecular complexity index is 713. The number of carbonyl (C=O) groups is 2. The van der Waals surface area contributed by atoms with Crippen LogP contribution >= 0.6 is 0 Å². The van der Waals surface area contributed by atoms with E-state index in [1.807, 2.05) is 43.3 Å². The quantitative estimate of drug-likeness (QED) is 0.714. The Balaban J connectivity index is 1.80. The molecule has 140 valence electrons. The van der Waals surface area contributed by atoms with Gasteiger partial charge in [-0.25, -0.2) is 0 Å². The van der Waals surface area contributed by atoms with Crippen LogP contribution in [0.15, 0.2) is 47.1 Å². The lowest BCUT2D eigenvalue weighted by molar-refractivity contribution is -0.121. The van der Waals surface area contributed by atoms with Gasteiger partial charge in [0.1, 0.15) is 5.75 Å². The second-order valence-electron chi connectivity index (χ2n) is 6.04. The predicted octanol–water partition coefficient (Wildman–Crippen LogP) is 1.83. The maximum Gasteiger partial charge on any atom is 0.286 e. The molecule has 0 aliphatic carbocycles. The van der Waals surface area contributed by atoms with E-state index in [-0.39, 0.29) is 36.6 Å². The second-order valence-corrected chi connectivity index (χ2v) is 6.04. The van der Waals surface area contributed by atoms with Crippen molar-refractivity contribution in [2.24, 2.45) is 0 Å². The second kappa shape index (κ2) is 9.62. The van der Waals surface area contributed by atoms with Crippen molar-refractivity contribution < 1.29 is 18.7 Å². The Hall–Kier alpha value is -2.80. The third-order valence-electron chi connectivity index (χ3n) is 3.98. The average Bonchev–Trinajstić information content (AvgIpc) is 3.16. The minimum Gasteiger partial charge on any atom is -0.497 e. The summed E-state index contributed by atoms with van der Waals surface area (Å²) < 4.78 is 10.3. The average molecular weight is 359 g/mol. The van der Waals surface area contributed by atoms with Gasteiger partial charge in [-0.05, 0) is 43.9 Å². The number of amides is 2. The highest BCUT2D eigenvalue weighted by molar-refractivity contribution is 5.91. The first-order valence-corrected chi connectivity index (χ1v) is 8.40. The molecule has 26 heavy (non-hydrogen) atoms. The Kier molecular flexibility index (Phi) is 7.23. The molecule has 1 aromatic carbocycles. The normalized spacial score (nSPS) is 11.8. The number of nitrogens with one attached hydrogen (secondary N) is 2. The molecule has 0 spiro atoms. The van der Waals surface area contributed by atoms with Crippen LogP contribution in [0.3, 0.4) is 0 Å². The summed E-state index contributed by atoms with van der Waals surface area (Å²) in [5.41, 5.74) is 1.06. The van der Waals surface area contributed by atoms with Gasteiger partial charge in [-0.2, -0.15) is 0 Å². The minimum atomic E-state index is -0.328. The monoisotopic (exact) mass is 359 g/mol. The van der Waals surface area contributed by atoms with Crippen LogP contribution in [-0.2, 0) is 4.79 Å². The molecule has 0 bridgehead atoms. The fourth-order valence-electron chi connectivity index (χ4n) is 2.53. The zero-order valence-electron chi connectivity index (χ0n) is 15.3. The van der Waals surface area contributed by atoms with Crippen molar-refractivity contribution in [3.8, 4) is 5.75 Å². The number of likely N-dealkylation sites (N-methyl/N-ethyl adjacent to an activating group) is 1. The van der Waals surface area contributed by atoms with Crippen molar-refractivity contribution >= 4 is 11.8 Å². The Morgan fingerprint density at radius 3 is 2.65 bits per heavy atom. The third kappa shape index (κ3) is 5.63. The summed E-state index contributed by atoms with van der Waals surface area (Å²) in [5, 5.41) is 5.57. The molecule has 0 aliphatic rings. The van der Waals surface area contributed by atoms with E-state index in [4.69, 9.17) is 9.15 Å². The summed E-state index contributed by atoms with van der Waals surface area (Å²) >= 11 is 0. The number of furan rings is 1. The van der Waals surface area contributed by atoms with Crippen LogP contribution in [0, 0.1) is 0 Å². The molecule has 7 nitrogen and oxygen atoms in total. The number of benzene rings is 1. The number of nitrogens with zero attached hydrogens (tertiary/aromatic N) is 1. The van der Waals surface area contributed by atoms with Crippen LogP contribution in [0.5, 0.6) is 5.75 Å². The summed E-state index contributed by atoms with van der Waals surface area (Å²) in [4.78, 5) is 25.8. The first-order chi connectivity index (χ1) is 12.5.